The van der Waals surface area contributed by atoms with Crippen molar-refractivity contribution < 1.29 is 4.42 Å². The molecule has 49 heavy (non-hydrogen) atoms. The van der Waals surface area contributed by atoms with Crippen molar-refractivity contribution in [3.8, 4) is 45.3 Å². The minimum absolute atomic E-state index is 0.566. The molecule has 10 rings (SSSR count). The number of aromatic nitrogens is 3. The first-order chi connectivity index (χ1) is 24.3. The van der Waals surface area contributed by atoms with E-state index < -0.39 is 0 Å². The number of furan rings is 1. The van der Waals surface area contributed by atoms with Gasteiger partial charge in [0.15, 0.2) is 17.5 Å². The first-order valence-corrected chi connectivity index (χ1v) is 16.5. The van der Waals surface area contributed by atoms with Crippen LogP contribution in [0, 0.1) is 0 Å². The van der Waals surface area contributed by atoms with Gasteiger partial charge >= 0.3 is 0 Å². The van der Waals surface area contributed by atoms with E-state index in [9.17, 15) is 0 Å². The first kappa shape index (κ1) is 27.5. The van der Waals surface area contributed by atoms with Crippen LogP contribution >= 0.6 is 0 Å². The third-order valence-electron chi connectivity index (χ3n) is 9.54. The van der Waals surface area contributed by atoms with Crippen molar-refractivity contribution in [3.63, 3.8) is 0 Å². The van der Waals surface area contributed by atoms with Crippen molar-refractivity contribution in [2.45, 2.75) is 0 Å². The predicted octanol–water partition coefficient (Wildman–Crippen LogP) is 11.9. The van der Waals surface area contributed by atoms with E-state index in [-0.39, 0.29) is 0 Å². The van der Waals surface area contributed by atoms with Gasteiger partial charge in [-0.15, -0.1) is 0 Å². The fourth-order valence-electron chi connectivity index (χ4n) is 7.26. The molecule has 4 nitrogen and oxygen atoms in total. The molecule has 8 aromatic carbocycles. The van der Waals surface area contributed by atoms with Gasteiger partial charge in [-0.3, -0.25) is 0 Å². The van der Waals surface area contributed by atoms with Crippen molar-refractivity contribution in [1.29, 1.82) is 0 Å². The summed E-state index contributed by atoms with van der Waals surface area (Å²) >= 11 is 0. The fraction of sp³-hybridized carbons (Fsp3) is 0. The van der Waals surface area contributed by atoms with Crippen molar-refractivity contribution in [3.05, 3.63) is 164 Å². The second kappa shape index (κ2) is 11.0. The molecule has 0 radical (unpaired) electrons. The molecule has 2 aromatic heterocycles. The third kappa shape index (κ3) is 4.42. The summed E-state index contributed by atoms with van der Waals surface area (Å²) in [6.07, 6.45) is 0. The minimum atomic E-state index is 0.566. The maximum absolute atomic E-state index is 6.47. The lowest BCUT2D eigenvalue weighted by atomic mass is 9.93. The second-order valence-electron chi connectivity index (χ2n) is 12.3. The quantitative estimate of drug-likeness (QED) is 0.183. The molecule has 0 aliphatic heterocycles. The van der Waals surface area contributed by atoms with Crippen LogP contribution in [0.3, 0.4) is 0 Å². The van der Waals surface area contributed by atoms with Crippen LogP contribution in [0.4, 0.5) is 0 Å². The molecule has 0 N–H and O–H groups in total. The number of fused-ring (bicyclic) bond motifs is 9. The number of hydrogen-bond donors (Lipinski definition) is 0. The van der Waals surface area contributed by atoms with E-state index in [0.717, 1.165) is 49.8 Å². The summed E-state index contributed by atoms with van der Waals surface area (Å²) < 4.78 is 6.47. The molecule has 0 amide bonds. The molecule has 4 heteroatoms. The molecule has 0 saturated heterocycles. The van der Waals surface area contributed by atoms with Crippen LogP contribution in [0.5, 0.6) is 0 Å². The standard InChI is InChI=1S/C45H27N3O/c1-2-13-28(14-3-1)30-15-4-9-21-38(30)44-46-43(47-45(48-44)39-23-12-22-37-36-20-10-11-24-41(36)49-42(37)39)29-25-26-35-33-18-6-5-16-31(33)32-17-7-8-19-34(32)40(35)27-29/h1-27H. The molecule has 0 fully saturated rings. The average molecular weight is 626 g/mol. The minimum Gasteiger partial charge on any atom is -0.455 e. The van der Waals surface area contributed by atoms with E-state index in [1.165, 1.54) is 32.3 Å². The highest BCUT2D eigenvalue weighted by molar-refractivity contribution is 6.25. The number of benzene rings is 8. The van der Waals surface area contributed by atoms with Gasteiger partial charge in [-0.25, -0.2) is 15.0 Å². The van der Waals surface area contributed by atoms with Gasteiger partial charge in [0.1, 0.15) is 11.2 Å². The van der Waals surface area contributed by atoms with Gasteiger partial charge in [0.25, 0.3) is 0 Å². The van der Waals surface area contributed by atoms with Crippen LogP contribution < -0.4 is 0 Å². The number of para-hydroxylation sites is 2. The van der Waals surface area contributed by atoms with Crippen LogP contribution in [0.2, 0.25) is 0 Å². The van der Waals surface area contributed by atoms with Crippen molar-refractivity contribution in [2.24, 2.45) is 0 Å². The Morgan fingerprint density at radius 1 is 0.306 bits per heavy atom. The smallest absolute Gasteiger partial charge is 0.167 e. The van der Waals surface area contributed by atoms with Crippen LogP contribution in [-0.4, -0.2) is 15.0 Å². The highest BCUT2D eigenvalue weighted by Gasteiger charge is 2.20. The van der Waals surface area contributed by atoms with Crippen LogP contribution in [0.1, 0.15) is 0 Å². The van der Waals surface area contributed by atoms with E-state index in [2.05, 4.69) is 121 Å². The van der Waals surface area contributed by atoms with Gasteiger partial charge < -0.3 is 4.42 Å². The van der Waals surface area contributed by atoms with Crippen molar-refractivity contribution in [2.75, 3.05) is 0 Å². The van der Waals surface area contributed by atoms with E-state index in [1.54, 1.807) is 0 Å². The Balaban J connectivity index is 1.26. The van der Waals surface area contributed by atoms with Gasteiger partial charge in [-0.2, -0.15) is 0 Å². The lowest BCUT2D eigenvalue weighted by Crippen LogP contribution is -2.01. The second-order valence-corrected chi connectivity index (χ2v) is 12.3. The number of rotatable bonds is 4. The van der Waals surface area contributed by atoms with E-state index in [1.807, 2.05) is 42.5 Å². The zero-order chi connectivity index (χ0) is 32.3. The normalized spacial score (nSPS) is 11.7. The maximum Gasteiger partial charge on any atom is 0.167 e. The molecule has 0 aliphatic carbocycles. The summed E-state index contributed by atoms with van der Waals surface area (Å²) in [7, 11) is 0. The molecular weight excluding hydrogens is 599 g/mol. The van der Waals surface area contributed by atoms with E-state index in [0.29, 0.717) is 17.5 Å². The van der Waals surface area contributed by atoms with Gasteiger partial charge in [-0.1, -0.05) is 146 Å². The van der Waals surface area contributed by atoms with Gasteiger partial charge in [0.2, 0.25) is 0 Å². The average Bonchev–Trinajstić information content (AvgIpc) is 3.57. The summed E-state index contributed by atoms with van der Waals surface area (Å²) in [5.74, 6) is 1.78. The zero-order valence-electron chi connectivity index (χ0n) is 26.3. The highest BCUT2D eigenvalue weighted by atomic mass is 16.3. The molecule has 10 aromatic rings. The molecule has 0 saturated carbocycles. The van der Waals surface area contributed by atoms with Crippen LogP contribution in [-0.2, 0) is 0 Å². The Bertz CT molecular complexity index is 2860. The molecule has 0 atom stereocenters. The summed E-state index contributed by atoms with van der Waals surface area (Å²) in [6.45, 7) is 0. The molecule has 0 bridgehead atoms. The predicted molar refractivity (Wildman–Crippen MR) is 201 cm³/mol. The third-order valence-corrected chi connectivity index (χ3v) is 9.54. The van der Waals surface area contributed by atoms with Gasteiger partial charge in [0.05, 0.1) is 5.56 Å². The van der Waals surface area contributed by atoms with E-state index in [4.69, 9.17) is 19.4 Å². The summed E-state index contributed by atoms with van der Waals surface area (Å²) in [4.78, 5) is 15.6. The molecule has 0 aliphatic rings. The maximum atomic E-state index is 6.47. The van der Waals surface area contributed by atoms with E-state index >= 15 is 0 Å². The molecule has 0 spiro atoms. The van der Waals surface area contributed by atoms with Gasteiger partial charge in [-0.05, 0) is 61.6 Å². The highest BCUT2D eigenvalue weighted by Crippen LogP contribution is 2.39. The van der Waals surface area contributed by atoms with Crippen molar-refractivity contribution in [1.82, 2.24) is 15.0 Å². The Hall–Kier alpha value is -6.65. The number of nitrogens with zero attached hydrogens (tertiary/aromatic N) is 3. The summed E-state index contributed by atoms with van der Waals surface area (Å²) in [6, 6.07) is 56.9. The number of hydrogen-bond acceptors (Lipinski definition) is 4. The lowest BCUT2D eigenvalue weighted by Gasteiger charge is -2.14. The van der Waals surface area contributed by atoms with Crippen molar-refractivity contribution >= 4 is 54.3 Å². The Kier molecular flexibility index (Phi) is 6.15. The Morgan fingerprint density at radius 2 is 0.816 bits per heavy atom. The first-order valence-electron chi connectivity index (χ1n) is 16.5. The Labute approximate surface area is 282 Å². The molecule has 2 heterocycles. The monoisotopic (exact) mass is 625 g/mol. The molecule has 0 unspecified atom stereocenters. The van der Waals surface area contributed by atoms with Crippen LogP contribution in [0.15, 0.2) is 168 Å². The Morgan fingerprint density at radius 3 is 1.55 bits per heavy atom. The summed E-state index contributed by atoms with van der Waals surface area (Å²) in [5, 5.41) is 9.38. The molecule has 228 valence electrons. The van der Waals surface area contributed by atoms with Crippen LogP contribution in [0.25, 0.3) is 99.5 Å². The molecular formula is C45H27N3O. The SMILES string of the molecule is c1ccc(-c2ccccc2-c2nc(-c3ccc4c5ccccc5c5ccccc5c4c3)nc(-c3cccc4c3oc3ccccc34)n2)cc1. The summed E-state index contributed by atoms with van der Waals surface area (Å²) in [5.41, 5.74) is 6.45. The fourth-order valence-corrected chi connectivity index (χ4v) is 7.26. The largest absolute Gasteiger partial charge is 0.455 e. The zero-order valence-corrected chi connectivity index (χ0v) is 26.3. The van der Waals surface area contributed by atoms with Gasteiger partial charge in [0, 0.05) is 21.9 Å². The topological polar surface area (TPSA) is 51.8 Å². The lowest BCUT2D eigenvalue weighted by molar-refractivity contribution is 0.669.